The lowest BCUT2D eigenvalue weighted by Crippen LogP contribution is -2.40. The van der Waals surface area contributed by atoms with Crippen LogP contribution in [-0.4, -0.2) is 24.5 Å². The molecule has 0 radical (unpaired) electrons. The van der Waals surface area contributed by atoms with E-state index in [9.17, 15) is 10.4 Å². The lowest BCUT2D eigenvalue weighted by molar-refractivity contribution is 0.0339. The van der Waals surface area contributed by atoms with Crippen molar-refractivity contribution in [2.24, 2.45) is 11.7 Å². The zero-order valence-corrected chi connectivity index (χ0v) is 17.5. The van der Waals surface area contributed by atoms with Crippen LogP contribution in [0.4, 0.5) is 0 Å². The van der Waals surface area contributed by atoms with Gasteiger partial charge in [-0.1, -0.05) is 18.2 Å². The van der Waals surface area contributed by atoms with E-state index in [1.807, 2.05) is 44.2 Å². The fraction of sp³-hybridized carbons (Fsp3) is 0.348. The number of rotatable bonds is 6. The first-order valence-corrected chi connectivity index (χ1v) is 10.3. The van der Waals surface area contributed by atoms with Crippen molar-refractivity contribution in [1.82, 2.24) is 10.9 Å². The normalized spacial score (nSPS) is 24.8. The Morgan fingerprint density at radius 1 is 1.10 bits per heavy atom. The molecule has 0 aromatic heterocycles. The third kappa shape index (κ3) is 3.85. The molecule has 0 bridgehead atoms. The highest BCUT2D eigenvalue weighted by molar-refractivity contribution is 5.47. The average molecular weight is 422 g/mol. The molecule has 4 rings (SSSR count). The van der Waals surface area contributed by atoms with Crippen molar-refractivity contribution >= 4 is 0 Å². The SMILES string of the molecule is CCOc1ccc(C2NNC3OC(N)=C(C#N)C(c4ccc(O)cc4)C32)c(OCC)c1. The molecule has 2 aliphatic rings. The highest BCUT2D eigenvalue weighted by Crippen LogP contribution is 2.49. The highest BCUT2D eigenvalue weighted by atomic mass is 16.5. The van der Waals surface area contributed by atoms with Crippen LogP contribution < -0.4 is 26.1 Å². The zero-order valence-electron chi connectivity index (χ0n) is 17.5. The summed E-state index contributed by atoms with van der Waals surface area (Å²) in [5.74, 6) is 1.18. The van der Waals surface area contributed by atoms with Crippen LogP contribution in [0, 0.1) is 17.2 Å². The van der Waals surface area contributed by atoms with Crippen LogP contribution >= 0.6 is 0 Å². The molecule has 1 fully saturated rings. The molecule has 2 aliphatic heterocycles. The van der Waals surface area contributed by atoms with E-state index in [0.29, 0.717) is 24.5 Å². The van der Waals surface area contributed by atoms with Gasteiger partial charge < -0.3 is 25.1 Å². The second kappa shape index (κ2) is 8.76. The number of nitrogens with two attached hydrogens (primary N) is 1. The van der Waals surface area contributed by atoms with Crippen LogP contribution in [0.2, 0.25) is 0 Å². The third-order valence-electron chi connectivity index (χ3n) is 5.63. The molecular weight excluding hydrogens is 396 g/mol. The van der Waals surface area contributed by atoms with Crippen molar-refractivity contribution in [2.75, 3.05) is 13.2 Å². The van der Waals surface area contributed by atoms with Gasteiger partial charge in [-0.3, -0.25) is 0 Å². The Labute approximate surface area is 181 Å². The molecule has 2 heterocycles. The number of hydrogen-bond donors (Lipinski definition) is 4. The van der Waals surface area contributed by atoms with Crippen molar-refractivity contribution in [1.29, 1.82) is 5.26 Å². The molecule has 1 saturated heterocycles. The quantitative estimate of drug-likeness (QED) is 0.561. The summed E-state index contributed by atoms with van der Waals surface area (Å²) >= 11 is 0. The minimum absolute atomic E-state index is 0.105. The van der Waals surface area contributed by atoms with Crippen molar-refractivity contribution in [2.45, 2.75) is 32.0 Å². The Hall–Kier alpha value is -3.41. The third-order valence-corrected chi connectivity index (χ3v) is 5.63. The number of hydrogen-bond acceptors (Lipinski definition) is 8. The molecule has 5 N–H and O–H groups in total. The van der Waals surface area contributed by atoms with Gasteiger partial charge in [0.25, 0.3) is 0 Å². The number of nitrogens with zero attached hydrogens (tertiary/aromatic N) is 1. The van der Waals surface area contributed by atoms with E-state index < -0.39 is 6.23 Å². The Bertz CT molecular complexity index is 1020. The Morgan fingerprint density at radius 2 is 1.84 bits per heavy atom. The van der Waals surface area contributed by atoms with Gasteiger partial charge in [0.1, 0.15) is 23.3 Å². The Balaban J connectivity index is 1.79. The molecule has 31 heavy (non-hydrogen) atoms. The van der Waals surface area contributed by atoms with Crippen LogP contribution in [0.5, 0.6) is 17.2 Å². The second-order valence-electron chi connectivity index (χ2n) is 7.41. The monoisotopic (exact) mass is 422 g/mol. The fourth-order valence-electron chi connectivity index (χ4n) is 4.35. The Kier molecular flexibility index (Phi) is 5.89. The molecule has 0 amide bonds. The van der Waals surface area contributed by atoms with Gasteiger partial charge in [0.15, 0.2) is 6.23 Å². The zero-order chi connectivity index (χ0) is 22.0. The van der Waals surface area contributed by atoms with Crippen LogP contribution in [0.1, 0.15) is 36.9 Å². The van der Waals surface area contributed by atoms with Crippen molar-refractivity contribution in [3.05, 3.63) is 65.0 Å². The molecule has 8 nitrogen and oxygen atoms in total. The van der Waals surface area contributed by atoms with Crippen molar-refractivity contribution < 1.29 is 19.3 Å². The number of ether oxygens (including phenoxy) is 3. The predicted molar refractivity (Wildman–Crippen MR) is 114 cm³/mol. The van der Waals surface area contributed by atoms with Gasteiger partial charge >= 0.3 is 0 Å². The standard InChI is InChI=1S/C23H26N4O4/c1-3-29-15-9-10-16(18(11-15)30-4-2)21-20-19(13-5-7-14(28)8-6-13)17(12-24)22(25)31-23(20)27-26-21/h5-11,19-21,23,26-28H,3-4,25H2,1-2H3. The molecule has 2 aromatic rings. The van der Waals surface area contributed by atoms with Crippen LogP contribution in [0.3, 0.4) is 0 Å². The molecule has 0 spiro atoms. The number of aromatic hydroxyl groups is 1. The molecular formula is C23H26N4O4. The summed E-state index contributed by atoms with van der Waals surface area (Å²) in [5.41, 5.74) is 14.7. The number of fused-ring (bicyclic) bond motifs is 1. The van der Waals surface area contributed by atoms with Crippen LogP contribution in [0.15, 0.2) is 53.9 Å². The second-order valence-corrected chi connectivity index (χ2v) is 7.41. The minimum atomic E-state index is -0.443. The number of allylic oxidation sites excluding steroid dienone is 1. The lowest BCUT2D eigenvalue weighted by Gasteiger charge is -2.36. The molecule has 0 aliphatic carbocycles. The smallest absolute Gasteiger partial charge is 0.200 e. The number of nitriles is 1. The van der Waals surface area contributed by atoms with E-state index in [4.69, 9.17) is 19.9 Å². The number of nitrogens with one attached hydrogen (secondary N) is 2. The number of hydrazine groups is 1. The van der Waals surface area contributed by atoms with Gasteiger partial charge in [-0.25, -0.2) is 10.9 Å². The van der Waals surface area contributed by atoms with E-state index >= 15 is 0 Å². The molecule has 8 heteroatoms. The number of benzene rings is 2. The molecule has 2 aromatic carbocycles. The van der Waals surface area contributed by atoms with E-state index in [-0.39, 0.29) is 29.5 Å². The first-order chi connectivity index (χ1) is 15.1. The molecule has 162 valence electrons. The summed E-state index contributed by atoms with van der Waals surface area (Å²) in [5, 5.41) is 19.6. The first-order valence-electron chi connectivity index (χ1n) is 10.3. The predicted octanol–water partition coefficient (Wildman–Crippen LogP) is 2.79. The lowest BCUT2D eigenvalue weighted by atomic mass is 9.74. The average Bonchev–Trinajstić information content (AvgIpc) is 3.17. The summed E-state index contributed by atoms with van der Waals surface area (Å²) in [6.45, 7) is 4.93. The summed E-state index contributed by atoms with van der Waals surface area (Å²) in [6.07, 6.45) is -0.443. The van der Waals surface area contributed by atoms with E-state index in [0.717, 1.165) is 16.9 Å². The van der Waals surface area contributed by atoms with Gasteiger partial charge in [-0.2, -0.15) is 5.26 Å². The summed E-state index contributed by atoms with van der Waals surface area (Å²) in [4.78, 5) is 0. The van der Waals surface area contributed by atoms with Gasteiger partial charge in [-0.15, -0.1) is 0 Å². The fourth-order valence-corrected chi connectivity index (χ4v) is 4.35. The van der Waals surface area contributed by atoms with E-state index in [1.54, 1.807) is 12.1 Å². The summed E-state index contributed by atoms with van der Waals surface area (Å²) < 4.78 is 17.4. The highest BCUT2D eigenvalue weighted by Gasteiger charge is 2.49. The molecule has 0 saturated carbocycles. The van der Waals surface area contributed by atoms with Crippen molar-refractivity contribution in [3.8, 4) is 23.3 Å². The largest absolute Gasteiger partial charge is 0.508 e. The minimum Gasteiger partial charge on any atom is -0.508 e. The summed E-state index contributed by atoms with van der Waals surface area (Å²) in [7, 11) is 0. The topological polar surface area (TPSA) is 122 Å². The maximum absolute atomic E-state index is 9.86. The van der Waals surface area contributed by atoms with Gasteiger partial charge in [0.2, 0.25) is 5.88 Å². The summed E-state index contributed by atoms with van der Waals surface area (Å²) in [6, 6.07) is 14.6. The molecule has 4 atom stereocenters. The van der Waals surface area contributed by atoms with Gasteiger partial charge in [-0.05, 0) is 37.6 Å². The number of phenols is 1. The van der Waals surface area contributed by atoms with E-state index in [2.05, 4.69) is 16.9 Å². The maximum atomic E-state index is 9.86. The Morgan fingerprint density at radius 3 is 2.52 bits per heavy atom. The molecule has 4 unspecified atom stereocenters. The maximum Gasteiger partial charge on any atom is 0.200 e. The van der Waals surface area contributed by atoms with Crippen LogP contribution in [-0.2, 0) is 4.74 Å². The van der Waals surface area contributed by atoms with E-state index in [1.165, 1.54) is 0 Å². The van der Waals surface area contributed by atoms with Crippen LogP contribution in [0.25, 0.3) is 0 Å². The van der Waals surface area contributed by atoms with Gasteiger partial charge in [0.05, 0.1) is 24.8 Å². The van der Waals surface area contributed by atoms with Gasteiger partial charge in [0, 0.05) is 23.5 Å². The van der Waals surface area contributed by atoms with Crippen molar-refractivity contribution in [3.63, 3.8) is 0 Å². The number of phenolic OH excluding ortho intramolecular Hbond substituents is 1. The first kappa shape index (κ1) is 20.8.